The normalized spacial score (nSPS) is 52.9. The van der Waals surface area contributed by atoms with Gasteiger partial charge < -0.3 is 4.74 Å². The molecule has 3 rings (SSSR count). The summed E-state index contributed by atoms with van der Waals surface area (Å²) in [5.41, 5.74) is 0. The first-order chi connectivity index (χ1) is 5.36. The summed E-state index contributed by atoms with van der Waals surface area (Å²) >= 11 is 0. The Hall–Kier alpha value is -0.530. The van der Waals surface area contributed by atoms with Crippen LogP contribution in [0.3, 0.4) is 0 Å². The quantitative estimate of drug-likeness (QED) is 0.487. The first-order valence-corrected chi connectivity index (χ1v) is 4.53. The third-order valence-electron chi connectivity index (χ3n) is 3.78. The maximum absolute atomic E-state index is 11.2. The molecule has 2 nitrogen and oxygen atoms in total. The van der Waals surface area contributed by atoms with Crippen LogP contribution in [0.4, 0.5) is 0 Å². The maximum Gasteiger partial charge on any atom is 0.309 e. The molecule has 0 aromatic rings. The van der Waals surface area contributed by atoms with Gasteiger partial charge in [0.1, 0.15) is 0 Å². The van der Waals surface area contributed by atoms with Gasteiger partial charge in [0.05, 0.1) is 12.5 Å². The highest BCUT2D eigenvalue weighted by Gasteiger charge is 2.54. The van der Waals surface area contributed by atoms with Gasteiger partial charge in [-0.15, -0.1) is 0 Å². The van der Waals surface area contributed by atoms with Crippen LogP contribution in [0.15, 0.2) is 0 Å². The van der Waals surface area contributed by atoms with E-state index in [0.29, 0.717) is 17.8 Å². The molecule has 0 radical (unpaired) electrons. The molecule has 60 valence electrons. The van der Waals surface area contributed by atoms with Crippen molar-refractivity contribution in [3.63, 3.8) is 0 Å². The van der Waals surface area contributed by atoms with Gasteiger partial charge in [-0.1, -0.05) is 0 Å². The lowest BCUT2D eigenvalue weighted by Crippen LogP contribution is -2.22. The molecular formula is C9H12O2. The average molecular weight is 152 g/mol. The van der Waals surface area contributed by atoms with Crippen molar-refractivity contribution in [3.05, 3.63) is 0 Å². The Morgan fingerprint density at radius 3 is 2.91 bits per heavy atom. The first-order valence-electron chi connectivity index (χ1n) is 4.53. The van der Waals surface area contributed by atoms with Crippen molar-refractivity contribution < 1.29 is 9.53 Å². The van der Waals surface area contributed by atoms with Crippen LogP contribution in [0.25, 0.3) is 0 Å². The lowest BCUT2D eigenvalue weighted by Gasteiger charge is -2.19. The van der Waals surface area contributed by atoms with Gasteiger partial charge in [-0.05, 0) is 31.1 Å². The number of hydrogen-bond acceptors (Lipinski definition) is 2. The zero-order valence-electron chi connectivity index (χ0n) is 6.45. The predicted octanol–water partition coefficient (Wildman–Crippen LogP) is 1.21. The second-order valence-electron chi connectivity index (χ2n) is 4.15. The van der Waals surface area contributed by atoms with E-state index in [1.807, 2.05) is 0 Å². The Bertz CT molecular complexity index is 212. The lowest BCUT2D eigenvalue weighted by molar-refractivity contribution is -0.142. The van der Waals surface area contributed by atoms with Gasteiger partial charge in [0.2, 0.25) is 0 Å². The Morgan fingerprint density at radius 2 is 2.09 bits per heavy atom. The van der Waals surface area contributed by atoms with E-state index in [2.05, 4.69) is 0 Å². The van der Waals surface area contributed by atoms with Crippen LogP contribution < -0.4 is 0 Å². The number of rotatable bonds is 0. The third-order valence-corrected chi connectivity index (χ3v) is 3.78. The molecule has 1 saturated heterocycles. The van der Waals surface area contributed by atoms with Gasteiger partial charge in [-0.2, -0.15) is 0 Å². The fourth-order valence-corrected chi connectivity index (χ4v) is 3.29. The van der Waals surface area contributed by atoms with E-state index in [-0.39, 0.29) is 5.97 Å². The van der Waals surface area contributed by atoms with Crippen molar-refractivity contribution >= 4 is 5.97 Å². The molecule has 3 unspecified atom stereocenters. The summed E-state index contributed by atoms with van der Waals surface area (Å²) in [6.45, 7) is 0.727. The second-order valence-corrected chi connectivity index (χ2v) is 4.15. The number of hydrogen-bond donors (Lipinski definition) is 0. The molecule has 0 spiro atoms. The van der Waals surface area contributed by atoms with Crippen molar-refractivity contribution in [1.82, 2.24) is 0 Å². The maximum atomic E-state index is 11.2. The molecule has 0 amide bonds. The third kappa shape index (κ3) is 0.608. The number of carbonyl (C=O) groups is 1. The minimum Gasteiger partial charge on any atom is -0.465 e. The molecule has 2 aliphatic carbocycles. The molecular weight excluding hydrogens is 140 g/mol. The summed E-state index contributed by atoms with van der Waals surface area (Å²) in [6.07, 6.45) is 3.94. The minimum absolute atomic E-state index is 0.0993. The van der Waals surface area contributed by atoms with E-state index in [0.717, 1.165) is 12.5 Å². The van der Waals surface area contributed by atoms with E-state index >= 15 is 0 Å². The van der Waals surface area contributed by atoms with Gasteiger partial charge in [-0.3, -0.25) is 4.79 Å². The van der Waals surface area contributed by atoms with Crippen LogP contribution >= 0.6 is 0 Å². The van der Waals surface area contributed by atoms with Crippen molar-refractivity contribution in [1.29, 1.82) is 0 Å². The zero-order chi connectivity index (χ0) is 7.42. The molecule has 4 atom stereocenters. The fraction of sp³-hybridized carbons (Fsp3) is 0.889. The van der Waals surface area contributed by atoms with Gasteiger partial charge in [0.15, 0.2) is 0 Å². The number of ether oxygens (including phenoxy) is 1. The van der Waals surface area contributed by atoms with Crippen LogP contribution in [0.2, 0.25) is 0 Å². The van der Waals surface area contributed by atoms with Gasteiger partial charge in [0, 0.05) is 5.92 Å². The van der Waals surface area contributed by atoms with E-state index in [1.54, 1.807) is 0 Å². The highest BCUT2D eigenvalue weighted by atomic mass is 16.5. The van der Waals surface area contributed by atoms with E-state index in [9.17, 15) is 4.79 Å². The number of esters is 1. The Morgan fingerprint density at radius 1 is 1.27 bits per heavy atom. The summed E-state index contributed by atoms with van der Waals surface area (Å²) in [5.74, 6) is 2.55. The molecule has 0 aromatic heterocycles. The number of fused-ring (bicyclic) bond motifs is 5. The van der Waals surface area contributed by atoms with Crippen molar-refractivity contribution in [3.8, 4) is 0 Å². The predicted molar refractivity (Wildman–Crippen MR) is 38.8 cm³/mol. The smallest absolute Gasteiger partial charge is 0.309 e. The van der Waals surface area contributed by atoms with Crippen LogP contribution in [0.5, 0.6) is 0 Å². The topological polar surface area (TPSA) is 26.3 Å². The second kappa shape index (κ2) is 1.79. The molecule has 2 bridgehead atoms. The molecule has 0 N–H and O–H groups in total. The van der Waals surface area contributed by atoms with Crippen molar-refractivity contribution in [2.75, 3.05) is 6.61 Å². The minimum atomic E-state index is 0.0993. The molecule has 1 aliphatic heterocycles. The summed E-state index contributed by atoms with van der Waals surface area (Å²) in [6, 6.07) is 0. The Labute approximate surface area is 65.9 Å². The van der Waals surface area contributed by atoms with Crippen LogP contribution in [-0.2, 0) is 9.53 Å². The highest BCUT2D eigenvalue weighted by Crippen LogP contribution is 2.54. The summed E-state index contributed by atoms with van der Waals surface area (Å²) in [7, 11) is 0. The van der Waals surface area contributed by atoms with E-state index in [4.69, 9.17) is 4.74 Å². The van der Waals surface area contributed by atoms with Crippen LogP contribution in [0.1, 0.15) is 19.3 Å². The monoisotopic (exact) mass is 152 g/mol. The van der Waals surface area contributed by atoms with Gasteiger partial charge >= 0.3 is 5.97 Å². The molecule has 11 heavy (non-hydrogen) atoms. The molecule has 2 heteroatoms. The molecule has 3 fully saturated rings. The van der Waals surface area contributed by atoms with Crippen LogP contribution in [0, 0.1) is 23.7 Å². The molecule has 0 aromatic carbocycles. The largest absolute Gasteiger partial charge is 0.465 e. The van der Waals surface area contributed by atoms with E-state index < -0.39 is 0 Å². The average Bonchev–Trinajstić information content (AvgIpc) is 2.60. The molecule has 1 heterocycles. The van der Waals surface area contributed by atoms with Gasteiger partial charge in [0.25, 0.3) is 0 Å². The van der Waals surface area contributed by atoms with Crippen molar-refractivity contribution in [2.45, 2.75) is 19.3 Å². The lowest BCUT2D eigenvalue weighted by atomic mass is 9.81. The zero-order valence-corrected chi connectivity index (χ0v) is 6.45. The fourth-order valence-electron chi connectivity index (χ4n) is 3.29. The van der Waals surface area contributed by atoms with Crippen molar-refractivity contribution in [2.24, 2.45) is 23.7 Å². The summed E-state index contributed by atoms with van der Waals surface area (Å²) < 4.78 is 5.06. The SMILES string of the molecule is O=C1OC[C@H]2C3CCC(C3)C12. The first kappa shape index (κ1) is 6.04. The molecule has 3 aliphatic rings. The standard InChI is InChI=1S/C9H12O2/c10-9-8-6-2-1-5(3-6)7(8)4-11-9/h5-8H,1-4H2/t5?,6?,7-,8?/m0/s1. The Balaban J connectivity index is 1.97. The summed E-state index contributed by atoms with van der Waals surface area (Å²) in [4.78, 5) is 11.2. The number of cyclic esters (lactones) is 1. The van der Waals surface area contributed by atoms with Crippen LogP contribution in [-0.4, -0.2) is 12.6 Å². The summed E-state index contributed by atoms with van der Waals surface area (Å²) in [5, 5.41) is 0. The van der Waals surface area contributed by atoms with E-state index in [1.165, 1.54) is 19.3 Å². The Kier molecular flexibility index (Phi) is 0.984. The number of carbonyl (C=O) groups excluding carboxylic acids is 1. The molecule has 2 saturated carbocycles. The highest BCUT2D eigenvalue weighted by molar-refractivity contribution is 5.75. The van der Waals surface area contributed by atoms with Gasteiger partial charge in [-0.25, -0.2) is 0 Å².